The van der Waals surface area contributed by atoms with E-state index in [0.29, 0.717) is 5.57 Å². The van der Waals surface area contributed by atoms with Crippen LogP contribution in [0.2, 0.25) is 0 Å². The summed E-state index contributed by atoms with van der Waals surface area (Å²) in [4.78, 5) is 14.5. The third-order valence-electron chi connectivity index (χ3n) is 1.46. The Morgan fingerprint density at radius 1 is 1.80 bits per heavy atom. The van der Waals surface area contributed by atoms with Crippen molar-refractivity contribution in [1.82, 2.24) is 0 Å². The minimum absolute atomic E-state index is 0.169. The summed E-state index contributed by atoms with van der Waals surface area (Å²) < 4.78 is 0. The summed E-state index contributed by atoms with van der Waals surface area (Å²) in [6.07, 6.45) is 1.60. The van der Waals surface area contributed by atoms with Gasteiger partial charge in [0.05, 0.1) is 11.6 Å². The van der Waals surface area contributed by atoms with Crippen molar-refractivity contribution < 1.29 is 9.90 Å². The number of carbonyl (C=O) groups is 1. The van der Waals surface area contributed by atoms with E-state index >= 15 is 0 Å². The Morgan fingerprint density at radius 2 is 2.40 bits per heavy atom. The van der Waals surface area contributed by atoms with Crippen LogP contribution in [0.4, 0.5) is 0 Å². The molecule has 0 aliphatic carbocycles. The van der Waals surface area contributed by atoms with Gasteiger partial charge in [-0.2, -0.15) is 0 Å². The first-order valence-electron chi connectivity index (χ1n) is 3.10. The molecular formula is C7H9NO2. The molecule has 1 aliphatic heterocycles. The highest BCUT2D eigenvalue weighted by atomic mass is 16.4. The number of aliphatic carboxylic acids is 1. The predicted molar refractivity (Wildman–Crippen MR) is 38.3 cm³/mol. The van der Waals surface area contributed by atoms with E-state index in [1.165, 1.54) is 0 Å². The number of aliphatic imine (C=N–C) groups is 1. The van der Waals surface area contributed by atoms with Gasteiger partial charge in [0.15, 0.2) is 0 Å². The zero-order valence-electron chi connectivity index (χ0n) is 5.96. The van der Waals surface area contributed by atoms with Crippen molar-refractivity contribution in [3.05, 3.63) is 11.6 Å². The van der Waals surface area contributed by atoms with Gasteiger partial charge < -0.3 is 5.11 Å². The van der Waals surface area contributed by atoms with E-state index in [2.05, 4.69) is 4.99 Å². The summed E-state index contributed by atoms with van der Waals surface area (Å²) in [6.45, 7) is 3.57. The van der Waals surface area contributed by atoms with E-state index in [-0.39, 0.29) is 6.04 Å². The van der Waals surface area contributed by atoms with Crippen LogP contribution in [-0.2, 0) is 4.79 Å². The summed E-state index contributed by atoms with van der Waals surface area (Å²) >= 11 is 0. The molecule has 1 aliphatic rings. The quantitative estimate of drug-likeness (QED) is 0.585. The first-order chi connectivity index (χ1) is 4.61. The van der Waals surface area contributed by atoms with Crippen LogP contribution in [0.1, 0.15) is 13.8 Å². The Labute approximate surface area is 59.1 Å². The molecule has 0 bridgehead atoms. The zero-order chi connectivity index (χ0) is 7.72. The van der Waals surface area contributed by atoms with Crippen LogP contribution in [0, 0.1) is 0 Å². The molecule has 0 radical (unpaired) electrons. The maximum Gasteiger partial charge on any atom is 0.333 e. The molecule has 0 aromatic rings. The molecule has 10 heavy (non-hydrogen) atoms. The van der Waals surface area contributed by atoms with Gasteiger partial charge in [-0.05, 0) is 19.9 Å². The highest BCUT2D eigenvalue weighted by Gasteiger charge is 2.19. The number of carboxylic acid groups (broad SMARTS) is 1. The largest absolute Gasteiger partial charge is 0.478 e. The minimum Gasteiger partial charge on any atom is -0.478 e. The number of allylic oxidation sites excluding steroid dienone is 1. The number of rotatable bonds is 1. The maximum absolute atomic E-state index is 10.4. The Kier molecular flexibility index (Phi) is 1.57. The fourth-order valence-corrected chi connectivity index (χ4v) is 0.998. The van der Waals surface area contributed by atoms with Gasteiger partial charge in [0, 0.05) is 5.71 Å². The summed E-state index contributed by atoms with van der Waals surface area (Å²) in [5.74, 6) is -0.867. The van der Waals surface area contributed by atoms with Gasteiger partial charge in [0.25, 0.3) is 0 Å². The van der Waals surface area contributed by atoms with Crippen molar-refractivity contribution >= 4 is 11.7 Å². The molecule has 0 aromatic heterocycles. The fourth-order valence-electron chi connectivity index (χ4n) is 0.998. The molecule has 0 aromatic carbocycles. The molecule has 3 nitrogen and oxygen atoms in total. The second kappa shape index (κ2) is 2.25. The molecule has 1 heterocycles. The van der Waals surface area contributed by atoms with Crippen molar-refractivity contribution in [1.29, 1.82) is 0 Å². The first kappa shape index (κ1) is 6.99. The third-order valence-corrected chi connectivity index (χ3v) is 1.46. The van der Waals surface area contributed by atoms with Crippen LogP contribution in [-0.4, -0.2) is 22.8 Å². The molecule has 0 saturated carbocycles. The van der Waals surface area contributed by atoms with Gasteiger partial charge in [-0.3, -0.25) is 4.99 Å². The van der Waals surface area contributed by atoms with Gasteiger partial charge in [-0.25, -0.2) is 4.79 Å². The molecule has 0 amide bonds. The Balaban J connectivity index is 2.85. The number of hydrogen-bond acceptors (Lipinski definition) is 2. The molecule has 1 N–H and O–H groups in total. The number of carboxylic acids is 1. The van der Waals surface area contributed by atoms with E-state index in [1.807, 2.05) is 0 Å². The van der Waals surface area contributed by atoms with Gasteiger partial charge in [0.1, 0.15) is 0 Å². The second-order valence-corrected chi connectivity index (χ2v) is 2.35. The summed E-state index contributed by atoms with van der Waals surface area (Å²) in [7, 11) is 0. The molecule has 0 spiro atoms. The third kappa shape index (κ3) is 1.07. The van der Waals surface area contributed by atoms with Crippen LogP contribution in [0.25, 0.3) is 0 Å². The van der Waals surface area contributed by atoms with Crippen molar-refractivity contribution in [3.8, 4) is 0 Å². The average molecular weight is 139 g/mol. The molecule has 1 unspecified atom stereocenters. The number of nitrogens with zero attached hydrogens (tertiary/aromatic N) is 1. The van der Waals surface area contributed by atoms with Crippen molar-refractivity contribution in [3.63, 3.8) is 0 Å². The fraction of sp³-hybridized carbons (Fsp3) is 0.429. The smallest absolute Gasteiger partial charge is 0.333 e. The van der Waals surface area contributed by atoms with Crippen LogP contribution in [0.15, 0.2) is 16.6 Å². The van der Waals surface area contributed by atoms with Gasteiger partial charge in [-0.15, -0.1) is 0 Å². The second-order valence-electron chi connectivity index (χ2n) is 2.35. The lowest BCUT2D eigenvalue weighted by molar-refractivity contribution is -0.132. The topological polar surface area (TPSA) is 49.7 Å². The average Bonchev–Trinajstić information content (AvgIpc) is 2.10. The van der Waals surface area contributed by atoms with Gasteiger partial charge in [0.2, 0.25) is 0 Å². The predicted octanol–water partition coefficient (Wildman–Crippen LogP) is 0.860. The Morgan fingerprint density at radius 3 is 2.60 bits per heavy atom. The van der Waals surface area contributed by atoms with E-state index < -0.39 is 5.97 Å². The van der Waals surface area contributed by atoms with E-state index in [1.54, 1.807) is 19.9 Å². The minimum atomic E-state index is -0.867. The Bertz CT molecular complexity index is 228. The Hall–Kier alpha value is -1.12. The molecule has 0 fully saturated rings. The molecular weight excluding hydrogens is 130 g/mol. The van der Waals surface area contributed by atoms with Gasteiger partial charge in [-0.1, -0.05) is 0 Å². The van der Waals surface area contributed by atoms with E-state index in [4.69, 9.17) is 5.11 Å². The highest BCUT2D eigenvalue weighted by Crippen LogP contribution is 2.13. The standard InChI is InChI=1S/C7H9NO2/c1-4-3-6(7(9)10)5(2)8-4/h3,5H,1-2H3,(H,9,10). The van der Waals surface area contributed by atoms with Gasteiger partial charge >= 0.3 is 5.97 Å². The van der Waals surface area contributed by atoms with Crippen LogP contribution >= 0.6 is 0 Å². The molecule has 0 saturated heterocycles. The lowest BCUT2D eigenvalue weighted by Gasteiger charge is -1.98. The van der Waals surface area contributed by atoms with Crippen LogP contribution < -0.4 is 0 Å². The molecule has 3 heteroatoms. The van der Waals surface area contributed by atoms with E-state index in [9.17, 15) is 4.79 Å². The lowest BCUT2D eigenvalue weighted by Crippen LogP contribution is -2.08. The van der Waals surface area contributed by atoms with E-state index in [0.717, 1.165) is 5.71 Å². The maximum atomic E-state index is 10.4. The van der Waals surface area contributed by atoms with Crippen LogP contribution in [0.5, 0.6) is 0 Å². The summed E-state index contributed by atoms with van der Waals surface area (Å²) in [5.41, 5.74) is 1.18. The van der Waals surface area contributed by atoms with Crippen molar-refractivity contribution in [2.45, 2.75) is 19.9 Å². The zero-order valence-corrected chi connectivity index (χ0v) is 5.96. The summed E-state index contributed by atoms with van der Waals surface area (Å²) in [6, 6.07) is -0.169. The first-order valence-corrected chi connectivity index (χ1v) is 3.10. The normalized spacial score (nSPS) is 24.0. The lowest BCUT2D eigenvalue weighted by atomic mass is 10.1. The highest BCUT2D eigenvalue weighted by molar-refractivity contribution is 6.04. The van der Waals surface area contributed by atoms with Crippen molar-refractivity contribution in [2.24, 2.45) is 4.99 Å². The van der Waals surface area contributed by atoms with Crippen molar-refractivity contribution in [2.75, 3.05) is 0 Å². The molecule has 54 valence electrons. The monoisotopic (exact) mass is 139 g/mol. The SMILES string of the molecule is CC1=NC(C)C(C(=O)O)=C1. The molecule has 1 rings (SSSR count). The molecule has 1 atom stereocenters. The summed E-state index contributed by atoms with van der Waals surface area (Å²) in [5, 5.41) is 8.56. The van der Waals surface area contributed by atoms with Crippen LogP contribution in [0.3, 0.4) is 0 Å². The number of hydrogen-bond donors (Lipinski definition) is 1.